The fourth-order valence-electron chi connectivity index (χ4n) is 3.99. The molecule has 0 spiro atoms. The Hall–Kier alpha value is -2.74. The van der Waals surface area contributed by atoms with Gasteiger partial charge in [0.1, 0.15) is 11.2 Å². The third kappa shape index (κ3) is 1.66. The molecule has 24 heavy (non-hydrogen) atoms. The molecule has 2 heterocycles. The Morgan fingerprint density at radius 3 is 2.42 bits per heavy atom. The summed E-state index contributed by atoms with van der Waals surface area (Å²) >= 11 is 0. The summed E-state index contributed by atoms with van der Waals surface area (Å²) in [7, 11) is 2.16. The van der Waals surface area contributed by atoms with Crippen LogP contribution < -0.4 is 0 Å². The highest BCUT2D eigenvalue weighted by Crippen LogP contribution is 2.38. The van der Waals surface area contributed by atoms with Crippen LogP contribution in [0.1, 0.15) is 25.3 Å². The van der Waals surface area contributed by atoms with Gasteiger partial charge < -0.3 is 8.98 Å². The molecule has 2 nitrogen and oxygen atoms in total. The van der Waals surface area contributed by atoms with Crippen molar-refractivity contribution < 1.29 is 4.42 Å². The quantitative estimate of drug-likeness (QED) is 0.352. The second kappa shape index (κ2) is 4.64. The minimum Gasteiger partial charge on any atom is -0.456 e. The molecular formula is C22H19NO. The van der Waals surface area contributed by atoms with E-state index in [1.54, 1.807) is 0 Å². The van der Waals surface area contributed by atoms with Crippen molar-refractivity contribution in [3.8, 4) is 0 Å². The predicted molar refractivity (Wildman–Crippen MR) is 102 cm³/mol. The van der Waals surface area contributed by atoms with Gasteiger partial charge in [-0.3, -0.25) is 0 Å². The van der Waals surface area contributed by atoms with E-state index < -0.39 is 0 Å². The second-order valence-corrected chi connectivity index (χ2v) is 6.92. The number of furan rings is 1. The molecule has 0 amide bonds. The van der Waals surface area contributed by atoms with E-state index in [4.69, 9.17) is 4.42 Å². The Morgan fingerprint density at radius 1 is 0.792 bits per heavy atom. The number of hydrogen-bond donors (Lipinski definition) is 0. The highest BCUT2D eigenvalue weighted by Gasteiger charge is 2.16. The lowest BCUT2D eigenvalue weighted by molar-refractivity contribution is 0.669. The van der Waals surface area contributed by atoms with E-state index in [0.717, 1.165) is 11.2 Å². The van der Waals surface area contributed by atoms with Gasteiger partial charge in [0.25, 0.3) is 0 Å². The zero-order chi connectivity index (χ0) is 16.4. The number of benzene rings is 3. The summed E-state index contributed by atoms with van der Waals surface area (Å²) in [4.78, 5) is 0. The van der Waals surface area contributed by atoms with Gasteiger partial charge in [0.05, 0.1) is 11.0 Å². The SMILES string of the molecule is CC(C)c1cccc2c3cc4c(cc3n(C)c12)oc1ccccc14. The van der Waals surface area contributed by atoms with E-state index in [2.05, 4.69) is 67.9 Å². The molecular weight excluding hydrogens is 294 g/mol. The number of aryl methyl sites for hydroxylation is 1. The third-order valence-electron chi connectivity index (χ3n) is 5.17. The molecule has 0 aliphatic heterocycles. The van der Waals surface area contributed by atoms with Crippen LogP contribution >= 0.6 is 0 Å². The molecule has 0 N–H and O–H groups in total. The summed E-state index contributed by atoms with van der Waals surface area (Å²) in [5.41, 5.74) is 5.87. The first-order valence-electron chi connectivity index (χ1n) is 8.47. The molecule has 0 saturated carbocycles. The fraction of sp³-hybridized carbons (Fsp3) is 0.182. The van der Waals surface area contributed by atoms with E-state index >= 15 is 0 Å². The van der Waals surface area contributed by atoms with Crippen LogP contribution in [0.3, 0.4) is 0 Å². The first-order valence-corrected chi connectivity index (χ1v) is 8.47. The van der Waals surface area contributed by atoms with Crippen molar-refractivity contribution in [2.75, 3.05) is 0 Å². The van der Waals surface area contributed by atoms with Gasteiger partial charge in [-0.05, 0) is 23.6 Å². The van der Waals surface area contributed by atoms with Crippen molar-refractivity contribution in [1.29, 1.82) is 0 Å². The van der Waals surface area contributed by atoms with Crippen LogP contribution in [0.15, 0.2) is 59.0 Å². The van der Waals surface area contributed by atoms with Gasteiger partial charge in [-0.15, -0.1) is 0 Å². The molecule has 5 aromatic rings. The summed E-state index contributed by atoms with van der Waals surface area (Å²) in [5.74, 6) is 0.500. The normalized spacial score (nSPS) is 12.3. The van der Waals surface area contributed by atoms with Gasteiger partial charge in [-0.1, -0.05) is 50.2 Å². The van der Waals surface area contributed by atoms with Gasteiger partial charge in [-0.25, -0.2) is 0 Å². The fourth-order valence-corrected chi connectivity index (χ4v) is 3.99. The Bertz CT molecular complexity index is 1240. The molecule has 0 aliphatic rings. The number of nitrogens with zero attached hydrogens (tertiary/aromatic N) is 1. The minimum absolute atomic E-state index is 0.500. The van der Waals surface area contributed by atoms with Gasteiger partial charge in [0, 0.05) is 34.7 Å². The molecule has 0 saturated heterocycles. The lowest BCUT2D eigenvalue weighted by atomic mass is 9.99. The minimum atomic E-state index is 0.500. The average Bonchev–Trinajstić information content (AvgIpc) is 3.09. The van der Waals surface area contributed by atoms with E-state index in [9.17, 15) is 0 Å². The van der Waals surface area contributed by atoms with Crippen molar-refractivity contribution in [3.63, 3.8) is 0 Å². The number of fused-ring (bicyclic) bond motifs is 6. The molecule has 5 rings (SSSR count). The number of para-hydroxylation sites is 2. The Morgan fingerprint density at radius 2 is 1.58 bits per heavy atom. The lowest BCUT2D eigenvalue weighted by Gasteiger charge is -2.09. The van der Waals surface area contributed by atoms with Gasteiger partial charge in [-0.2, -0.15) is 0 Å². The van der Waals surface area contributed by atoms with Gasteiger partial charge in [0.15, 0.2) is 0 Å². The summed E-state index contributed by atoms with van der Waals surface area (Å²) in [5, 5.41) is 5.01. The van der Waals surface area contributed by atoms with Crippen molar-refractivity contribution in [1.82, 2.24) is 4.57 Å². The van der Waals surface area contributed by atoms with Gasteiger partial charge in [0.2, 0.25) is 0 Å². The number of hydrogen-bond acceptors (Lipinski definition) is 1. The standard InChI is InChI=1S/C22H19NO/c1-13(2)14-8-6-9-16-17-11-18-15-7-4-5-10-20(15)24-21(18)12-19(17)23(3)22(14)16/h4-13H,1-3H3. The molecule has 0 fully saturated rings. The van der Waals surface area contributed by atoms with Crippen molar-refractivity contribution >= 4 is 43.7 Å². The molecule has 2 heteroatoms. The summed E-state index contributed by atoms with van der Waals surface area (Å²) in [6.45, 7) is 4.51. The third-order valence-corrected chi connectivity index (χ3v) is 5.17. The largest absolute Gasteiger partial charge is 0.456 e. The van der Waals surface area contributed by atoms with Crippen molar-refractivity contribution in [3.05, 3.63) is 60.2 Å². The van der Waals surface area contributed by atoms with Crippen LogP contribution in [0.4, 0.5) is 0 Å². The summed E-state index contributed by atoms with van der Waals surface area (Å²) in [6, 6.07) is 19.4. The van der Waals surface area contributed by atoms with Crippen molar-refractivity contribution in [2.24, 2.45) is 7.05 Å². The molecule has 0 aliphatic carbocycles. The van der Waals surface area contributed by atoms with Crippen LogP contribution in [0, 0.1) is 0 Å². The van der Waals surface area contributed by atoms with Crippen molar-refractivity contribution in [2.45, 2.75) is 19.8 Å². The highest BCUT2D eigenvalue weighted by molar-refractivity contribution is 6.17. The molecule has 3 aromatic carbocycles. The van der Waals surface area contributed by atoms with Crippen LogP contribution in [-0.2, 0) is 7.05 Å². The zero-order valence-corrected chi connectivity index (χ0v) is 14.1. The molecule has 0 radical (unpaired) electrons. The maximum Gasteiger partial charge on any atom is 0.137 e. The monoisotopic (exact) mass is 313 g/mol. The Balaban J connectivity index is 2.01. The van der Waals surface area contributed by atoms with Crippen LogP contribution in [0.5, 0.6) is 0 Å². The Labute approximate surface area is 140 Å². The van der Waals surface area contributed by atoms with Crippen LogP contribution in [0.2, 0.25) is 0 Å². The highest BCUT2D eigenvalue weighted by atomic mass is 16.3. The zero-order valence-electron chi connectivity index (χ0n) is 14.1. The smallest absolute Gasteiger partial charge is 0.137 e. The number of aromatic nitrogens is 1. The number of rotatable bonds is 1. The first-order chi connectivity index (χ1) is 11.6. The van der Waals surface area contributed by atoms with E-state index in [1.807, 2.05) is 12.1 Å². The predicted octanol–water partition coefficient (Wildman–Crippen LogP) is 6.35. The van der Waals surface area contributed by atoms with E-state index in [1.165, 1.54) is 38.1 Å². The molecule has 2 aromatic heterocycles. The van der Waals surface area contributed by atoms with Crippen LogP contribution in [-0.4, -0.2) is 4.57 Å². The average molecular weight is 313 g/mol. The topological polar surface area (TPSA) is 18.1 Å². The maximum absolute atomic E-state index is 6.08. The second-order valence-electron chi connectivity index (χ2n) is 6.92. The van der Waals surface area contributed by atoms with E-state index in [-0.39, 0.29) is 0 Å². The first kappa shape index (κ1) is 13.7. The summed E-state index contributed by atoms with van der Waals surface area (Å²) < 4.78 is 8.39. The lowest BCUT2D eigenvalue weighted by Crippen LogP contribution is -1.94. The van der Waals surface area contributed by atoms with E-state index in [0.29, 0.717) is 5.92 Å². The molecule has 118 valence electrons. The van der Waals surface area contributed by atoms with Crippen LogP contribution in [0.25, 0.3) is 43.7 Å². The Kier molecular flexibility index (Phi) is 2.64. The molecule has 0 bridgehead atoms. The maximum atomic E-state index is 6.08. The van der Waals surface area contributed by atoms with Gasteiger partial charge >= 0.3 is 0 Å². The molecule has 0 unspecified atom stereocenters. The summed E-state index contributed by atoms with van der Waals surface area (Å²) in [6.07, 6.45) is 0. The molecule has 0 atom stereocenters.